The highest BCUT2D eigenvalue weighted by atomic mass is 19.4. The predicted molar refractivity (Wildman–Crippen MR) is 94.0 cm³/mol. The molecule has 0 saturated heterocycles. The fourth-order valence-electron chi connectivity index (χ4n) is 2.09. The molecule has 1 atom stereocenters. The van der Waals surface area contributed by atoms with E-state index in [0.717, 1.165) is 12.1 Å². The Balaban J connectivity index is 1.83. The van der Waals surface area contributed by atoms with Gasteiger partial charge in [-0.25, -0.2) is 4.79 Å². The van der Waals surface area contributed by atoms with Crippen LogP contribution in [0.2, 0.25) is 0 Å². The molecule has 0 aliphatic heterocycles. The van der Waals surface area contributed by atoms with Crippen molar-refractivity contribution in [3.8, 4) is 17.6 Å². The number of nitriles is 1. The fourth-order valence-corrected chi connectivity index (χ4v) is 2.09. The molecule has 152 valence electrons. The van der Waals surface area contributed by atoms with Crippen LogP contribution in [-0.4, -0.2) is 30.9 Å². The minimum Gasteiger partial charge on any atom is -0.481 e. The Morgan fingerprint density at radius 2 is 1.79 bits per heavy atom. The van der Waals surface area contributed by atoms with Crippen LogP contribution in [0, 0.1) is 11.3 Å². The van der Waals surface area contributed by atoms with Crippen molar-refractivity contribution in [2.45, 2.75) is 19.4 Å². The van der Waals surface area contributed by atoms with Crippen LogP contribution >= 0.6 is 0 Å². The third-order valence-electron chi connectivity index (χ3n) is 3.39. The molecule has 0 bridgehead atoms. The molecule has 0 radical (unpaired) electrons. The van der Waals surface area contributed by atoms with Gasteiger partial charge in [0, 0.05) is 5.69 Å². The summed E-state index contributed by atoms with van der Waals surface area (Å²) in [6.45, 7) is 0.803. The summed E-state index contributed by atoms with van der Waals surface area (Å²) in [4.78, 5) is 23.9. The van der Waals surface area contributed by atoms with Crippen molar-refractivity contribution in [2.24, 2.45) is 0 Å². The summed E-state index contributed by atoms with van der Waals surface area (Å²) in [6.07, 6.45) is -6.01. The minimum absolute atomic E-state index is 0.187. The second-order valence-corrected chi connectivity index (χ2v) is 5.59. The van der Waals surface area contributed by atoms with Crippen LogP contribution in [0.25, 0.3) is 0 Å². The highest BCUT2D eigenvalue weighted by Crippen LogP contribution is 2.24. The van der Waals surface area contributed by atoms with Gasteiger partial charge in [-0.05, 0) is 43.3 Å². The van der Waals surface area contributed by atoms with Crippen LogP contribution in [0.15, 0.2) is 48.5 Å². The highest BCUT2D eigenvalue weighted by Gasteiger charge is 2.31. The predicted octanol–water partition coefficient (Wildman–Crippen LogP) is 3.41. The number of esters is 1. The number of carbonyl (C=O) groups is 2. The number of para-hydroxylation sites is 1. The summed E-state index contributed by atoms with van der Waals surface area (Å²) in [5.41, 5.74) is 0.427. The zero-order chi connectivity index (χ0) is 21.4. The van der Waals surface area contributed by atoms with E-state index in [1.807, 2.05) is 6.07 Å². The summed E-state index contributed by atoms with van der Waals surface area (Å²) in [6, 6.07) is 12.7. The van der Waals surface area contributed by atoms with Crippen LogP contribution in [0.4, 0.5) is 18.9 Å². The first-order valence-electron chi connectivity index (χ1n) is 8.16. The maximum absolute atomic E-state index is 12.1. The van der Waals surface area contributed by atoms with Crippen LogP contribution < -0.4 is 14.8 Å². The van der Waals surface area contributed by atoms with Gasteiger partial charge < -0.3 is 19.5 Å². The van der Waals surface area contributed by atoms with Gasteiger partial charge in [0.05, 0.1) is 5.56 Å². The topological polar surface area (TPSA) is 97.7 Å². The molecule has 29 heavy (non-hydrogen) atoms. The van der Waals surface area contributed by atoms with E-state index in [0.29, 0.717) is 0 Å². The van der Waals surface area contributed by atoms with E-state index in [9.17, 15) is 22.8 Å². The van der Waals surface area contributed by atoms with Crippen LogP contribution in [0.5, 0.6) is 11.5 Å². The Hall–Kier alpha value is -3.74. The zero-order valence-electron chi connectivity index (χ0n) is 15.0. The largest absolute Gasteiger partial charge is 0.573 e. The van der Waals surface area contributed by atoms with Crippen molar-refractivity contribution in [3.63, 3.8) is 0 Å². The van der Waals surface area contributed by atoms with Gasteiger partial charge in [-0.3, -0.25) is 4.79 Å². The number of anilines is 1. The molecular weight excluding hydrogens is 393 g/mol. The number of halogens is 3. The van der Waals surface area contributed by atoms with E-state index in [2.05, 4.69) is 10.1 Å². The zero-order valence-corrected chi connectivity index (χ0v) is 15.0. The van der Waals surface area contributed by atoms with Crippen LogP contribution in [-0.2, 0) is 14.3 Å². The molecule has 7 nitrogen and oxygen atoms in total. The normalized spacial score (nSPS) is 11.7. The van der Waals surface area contributed by atoms with Crippen molar-refractivity contribution >= 4 is 17.6 Å². The first-order chi connectivity index (χ1) is 13.7. The lowest BCUT2D eigenvalue weighted by Gasteiger charge is -2.14. The summed E-state index contributed by atoms with van der Waals surface area (Å²) in [5.74, 6) is -1.77. The van der Waals surface area contributed by atoms with Crippen molar-refractivity contribution in [3.05, 3.63) is 54.1 Å². The number of carbonyl (C=O) groups excluding carboxylic acids is 2. The Bertz CT molecular complexity index is 907. The summed E-state index contributed by atoms with van der Waals surface area (Å²) in [7, 11) is 0. The lowest BCUT2D eigenvalue weighted by molar-refractivity contribution is -0.274. The minimum atomic E-state index is -4.82. The number of nitrogens with zero attached hydrogens (tertiary/aromatic N) is 1. The van der Waals surface area contributed by atoms with Gasteiger partial charge in [0.25, 0.3) is 5.91 Å². The molecular formula is C19H15F3N2O5. The number of ether oxygens (including phenoxy) is 3. The molecule has 1 N–H and O–H groups in total. The van der Waals surface area contributed by atoms with Gasteiger partial charge in [0.1, 0.15) is 17.6 Å². The smallest absolute Gasteiger partial charge is 0.481 e. The van der Waals surface area contributed by atoms with E-state index in [1.165, 1.54) is 31.2 Å². The van der Waals surface area contributed by atoms with Gasteiger partial charge in [0.2, 0.25) is 0 Å². The molecule has 2 aromatic carbocycles. The molecule has 2 rings (SSSR count). The lowest BCUT2D eigenvalue weighted by Crippen LogP contribution is -2.31. The lowest BCUT2D eigenvalue weighted by atomic mass is 10.2. The van der Waals surface area contributed by atoms with E-state index < -0.39 is 36.7 Å². The van der Waals surface area contributed by atoms with Crippen LogP contribution in [0.1, 0.15) is 12.5 Å². The van der Waals surface area contributed by atoms with Gasteiger partial charge >= 0.3 is 12.3 Å². The Morgan fingerprint density at radius 1 is 1.14 bits per heavy atom. The molecule has 0 fully saturated rings. The maximum Gasteiger partial charge on any atom is 0.573 e. The molecule has 0 heterocycles. The van der Waals surface area contributed by atoms with Gasteiger partial charge in [-0.15, -0.1) is 13.2 Å². The number of nitrogens with one attached hydrogen (secondary N) is 1. The molecule has 2 aromatic rings. The van der Waals surface area contributed by atoms with Crippen molar-refractivity contribution in [1.82, 2.24) is 0 Å². The monoisotopic (exact) mass is 408 g/mol. The van der Waals surface area contributed by atoms with E-state index in [1.54, 1.807) is 12.1 Å². The second kappa shape index (κ2) is 9.45. The van der Waals surface area contributed by atoms with E-state index in [-0.39, 0.29) is 17.0 Å². The van der Waals surface area contributed by atoms with Gasteiger partial charge in [-0.1, -0.05) is 12.1 Å². The highest BCUT2D eigenvalue weighted by molar-refractivity contribution is 5.95. The molecule has 1 amide bonds. The SMILES string of the molecule is C[C@@H](OC(=O)COc1ccccc1C#N)C(=O)Nc1ccc(OC(F)(F)F)cc1. The molecule has 0 spiro atoms. The third-order valence-corrected chi connectivity index (χ3v) is 3.39. The summed E-state index contributed by atoms with van der Waals surface area (Å²) in [5, 5.41) is 11.3. The number of hydrogen-bond acceptors (Lipinski definition) is 6. The molecule has 0 aliphatic rings. The standard InChI is InChI=1S/C19H15F3N2O5/c1-12(28-17(25)11-27-16-5-3-2-4-13(16)10-23)18(26)24-14-6-8-15(9-7-14)29-19(20,21)22/h2-9,12H,11H2,1H3,(H,24,26)/t12-/m1/s1. The number of alkyl halides is 3. The fraction of sp³-hybridized carbons (Fsp3) is 0.211. The molecule has 0 aromatic heterocycles. The number of benzene rings is 2. The first-order valence-corrected chi connectivity index (χ1v) is 8.16. The summed E-state index contributed by atoms with van der Waals surface area (Å²) < 4.78 is 50.2. The molecule has 0 saturated carbocycles. The van der Waals surface area contributed by atoms with Gasteiger partial charge in [0.15, 0.2) is 12.7 Å². The average Bonchev–Trinajstić information content (AvgIpc) is 2.66. The summed E-state index contributed by atoms with van der Waals surface area (Å²) >= 11 is 0. The maximum atomic E-state index is 12.1. The average molecular weight is 408 g/mol. The number of hydrogen-bond donors (Lipinski definition) is 1. The molecule has 10 heteroatoms. The van der Waals surface area contributed by atoms with Crippen molar-refractivity contribution < 1.29 is 37.0 Å². The van der Waals surface area contributed by atoms with Crippen molar-refractivity contribution in [2.75, 3.05) is 11.9 Å². The first kappa shape index (κ1) is 21.6. The van der Waals surface area contributed by atoms with E-state index >= 15 is 0 Å². The quantitative estimate of drug-likeness (QED) is 0.706. The number of amides is 1. The molecule has 0 unspecified atom stereocenters. The van der Waals surface area contributed by atoms with Crippen LogP contribution in [0.3, 0.4) is 0 Å². The Kier molecular flexibility index (Phi) is 7.03. The van der Waals surface area contributed by atoms with Gasteiger partial charge in [-0.2, -0.15) is 5.26 Å². The Morgan fingerprint density at radius 3 is 2.41 bits per heavy atom. The Labute approximate surface area is 163 Å². The van der Waals surface area contributed by atoms with Crippen molar-refractivity contribution in [1.29, 1.82) is 5.26 Å². The third kappa shape index (κ3) is 7.06. The van der Waals surface area contributed by atoms with E-state index in [4.69, 9.17) is 14.7 Å². The molecule has 0 aliphatic carbocycles. The second-order valence-electron chi connectivity index (χ2n) is 5.59. The number of rotatable bonds is 7.